The summed E-state index contributed by atoms with van der Waals surface area (Å²) in [6.07, 6.45) is 5.16. The van der Waals surface area contributed by atoms with Gasteiger partial charge in [0.15, 0.2) is 0 Å². The Hall–Kier alpha value is -0.920. The number of aromatic nitrogens is 2. The number of nitrogens with zero attached hydrogens (tertiary/aromatic N) is 1. The van der Waals surface area contributed by atoms with Gasteiger partial charge in [0, 0.05) is 30.1 Å². The van der Waals surface area contributed by atoms with Gasteiger partial charge < -0.3 is 5.32 Å². The molecule has 0 atom stereocenters. The van der Waals surface area contributed by atoms with Crippen LogP contribution in [0.15, 0.2) is 0 Å². The Balaban J connectivity index is 2.18. The molecule has 4 heteroatoms. The van der Waals surface area contributed by atoms with Crippen molar-refractivity contribution in [1.82, 2.24) is 15.5 Å². The van der Waals surface area contributed by atoms with Crippen LogP contribution < -0.4 is 5.32 Å². The highest BCUT2D eigenvalue weighted by Gasteiger charge is 2.04. The summed E-state index contributed by atoms with van der Waals surface area (Å²) in [6.45, 7) is 5.93. The Bertz CT molecular complexity index is 319. The first-order valence-corrected chi connectivity index (χ1v) is 6.13. The van der Waals surface area contributed by atoms with Gasteiger partial charge >= 0.3 is 0 Å². The van der Waals surface area contributed by atoms with Crippen LogP contribution in [0.1, 0.15) is 17.0 Å². The average molecular weight is 223 g/mol. The van der Waals surface area contributed by atoms with Crippen LogP contribution in [-0.4, -0.2) is 28.2 Å². The SMILES string of the molecule is C#CCSCCNCc1c(C)n[nH]c1C. The van der Waals surface area contributed by atoms with Crippen molar-refractivity contribution in [3.63, 3.8) is 0 Å². The highest BCUT2D eigenvalue weighted by molar-refractivity contribution is 7.99. The van der Waals surface area contributed by atoms with E-state index in [0.29, 0.717) is 0 Å². The monoisotopic (exact) mass is 223 g/mol. The number of aromatic amines is 1. The van der Waals surface area contributed by atoms with Crippen molar-refractivity contribution >= 4 is 11.8 Å². The number of hydrogen-bond donors (Lipinski definition) is 2. The van der Waals surface area contributed by atoms with Crippen LogP contribution in [0.3, 0.4) is 0 Å². The lowest BCUT2D eigenvalue weighted by Gasteiger charge is -2.03. The van der Waals surface area contributed by atoms with Crippen molar-refractivity contribution < 1.29 is 0 Å². The third-order valence-corrected chi connectivity index (χ3v) is 3.05. The van der Waals surface area contributed by atoms with Crippen molar-refractivity contribution in [2.75, 3.05) is 18.1 Å². The van der Waals surface area contributed by atoms with Gasteiger partial charge in [0.05, 0.1) is 11.4 Å². The van der Waals surface area contributed by atoms with Gasteiger partial charge in [-0.05, 0) is 13.8 Å². The predicted octanol–water partition coefficient (Wildman–Crippen LogP) is 1.48. The lowest BCUT2D eigenvalue weighted by atomic mass is 10.2. The van der Waals surface area contributed by atoms with Gasteiger partial charge in [-0.25, -0.2) is 0 Å². The third kappa shape index (κ3) is 3.98. The summed E-state index contributed by atoms with van der Waals surface area (Å²) in [4.78, 5) is 0. The Labute approximate surface area is 95.4 Å². The van der Waals surface area contributed by atoms with Gasteiger partial charge in [0.2, 0.25) is 0 Å². The van der Waals surface area contributed by atoms with E-state index in [1.54, 1.807) is 11.8 Å². The molecule has 82 valence electrons. The van der Waals surface area contributed by atoms with Crippen molar-refractivity contribution in [2.24, 2.45) is 0 Å². The van der Waals surface area contributed by atoms with Gasteiger partial charge in [-0.1, -0.05) is 5.92 Å². The summed E-state index contributed by atoms with van der Waals surface area (Å²) in [7, 11) is 0. The lowest BCUT2D eigenvalue weighted by Crippen LogP contribution is -2.17. The van der Waals surface area contributed by atoms with Crippen molar-refractivity contribution in [2.45, 2.75) is 20.4 Å². The molecule has 0 saturated heterocycles. The fourth-order valence-corrected chi connectivity index (χ4v) is 1.87. The second-order valence-corrected chi connectivity index (χ2v) is 4.45. The number of hydrogen-bond acceptors (Lipinski definition) is 3. The zero-order chi connectivity index (χ0) is 11.1. The molecule has 0 aliphatic rings. The topological polar surface area (TPSA) is 40.7 Å². The highest BCUT2D eigenvalue weighted by atomic mass is 32.2. The normalized spacial score (nSPS) is 10.2. The predicted molar refractivity (Wildman–Crippen MR) is 65.9 cm³/mol. The van der Waals surface area contributed by atoms with Crippen molar-refractivity contribution in [3.8, 4) is 12.3 Å². The summed E-state index contributed by atoms with van der Waals surface area (Å²) in [5.41, 5.74) is 3.50. The molecule has 2 N–H and O–H groups in total. The molecule has 0 aliphatic heterocycles. The van der Waals surface area contributed by atoms with E-state index in [9.17, 15) is 0 Å². The first-order chi connectivity index (χ1) is 7.25. The third-order valence-electron chi connectivity index (χ3n) is 2.19. The van der Waals surface area contributed by atoms with E-state index >= 15 is 0 Å². The van der Waals surface area contributed by atoms with E-state index in [2.05, 4.69) is 21.4 Å². The number of terminal acetylenes is 1. The molecule has 1 rings (SSSR count). The molecule has 15 heavy (non-hydrogen) atoms. The summed E-state index contributed by atoms with van der Waals surface area (Å²) in [5, 5.41) is 10.5. The highest BCUT2D eigenvalue weighted by Crippen LogP contribution is 2.08. The van der Waals surface area contributed by atoms with Crippen LogP contribution in [0.4, 0.5) is 0 Å². The van der Waals surface area contributed by atoms with E-state index < -0.39 is 0 Å². The van der Waals surface area contributed by atoms with Crippen molar-refractivity contribution in [1.29, 1.82) is 0 Å². The molecule has 0 spiro atoms. The largest absolute Gasteiger partial charge is 0.312 e. The van der Waals surface area contributed by atoms with E-state index in [0.717, 1.165) is 36.0 Å². The molecule has 1 aromatic heterocycles. The average Bonchev–Trinajstić information content (AvgIpc) is 2.54. The molecule has 1 aromatic rings. The van der Waals surface area contributed by atoms with Crippen LogP contribution in [0, 0.1) is 26.2 Å². The van der Waals surface area contributed by atoms with E-state index in [-0.39, 0.29) is 0 Å². The summed E-state index contributed by atoms with van der Waals surface area (Å²) in [6, 6.07) is 0. The second-order valence-electron chi connectivity index (χ2n) is 3.35. The Morgan fingerprint density at radius 3 is 2.93 bits per heavy atom. The van der Waals surface area contributed by atoms with Gasteiger partial charge in [-0.2, -0.15) is 5.10 Å². The van der Waals surface area contributed by atoms with Gasteiger partial charge in [-0.15, -0.1) is 18.2 Å². The maximum absolute atomic E-state index is 5.16. The van der Waals surface area contributed by atoms with Gasteiger partial charge in [-0.3, -0.25) is 5.10 Å². The first-order valence-electron chi connectivity index (χ1n) is 4.98. The Morgan fingerprint density at radius 2 is 2.33 bits per heavy atom. The number of nitrogens with one attached hydrogen (secondary N) is 2. The molecule has 3 nitrogen and oxygen atoms in total. The number of thioether (sulfide) groups is 1. The van der Waals surface area contributed by atoms with Crippen LogP contribution in [-0.2, 0) is 6.54 Å². The molecule has 0 aliphatic carbocycles. The number of rotatable bonds is 6. The molecule has 0 aromatic carbocycles. The Morgan fingerprint density at radius 1 is 1.53 bits per heavy atom. The second kappa shape index (κ2) is 6.54. The summed E-state index contributed by atoms with van der Waals surface area (Å²) < 4.78 is 0. The molecular weight excluding hydrogens is 206 g/mol. The van der Waals surface area contributed by atoms with E-state index in [1.165, 1.54) is 5.56 Å². The standard InChI is InChI=1S/C11H17N3S/c1-4-6-15-7-5-12-8-11-9(2)13-14-10(11)3/h1,12H,5-8H2,2-3H3,(H,13,14). The van der Waals surface area contributed by atoms with E-state index in [4.69, 9.17) is 6.42 Å². The van der Waals surface area contributed by atoms with Crippen LogP contribution in [0.25, 0.3) is 0 Å². The summed E-state index contributed by atoms with van der Waals surface area (Å²) in [5.74, 6) is 4.46. The molecule has 0 bridgehead atoms. The minimum absolute atomic E-state index is 0.797. The van der Waals surface area contributed by atoms with Crippen LogP contribution in [0.2, 0.25) is 0 Å². The number of aryl methyl sites for hydroxylation is 2. The van der Waals surface area contributed by atoms with Gasteiger partial charge in [0.25, 0.3) is 0 Å². The summed E-state index contributed by atoms with van der Waals surface area (Å²) >= 11 is 1.78. The quantitative estimate of drug-likeness (QED) is 0.567. The Kier molecular flexibility index (Phi) is 5.30. The zero-order valence-corrected chi connectivity index (χ0v) is 10.1. The maximum Gasteiger partial charge on any atom is 0.0638 e. The minimum Gasteiger partial charge on any atom is -0.312 e. The van der Waals surface area contributed by atoms with Crippen LogP contribution in [0.5, 0.6) is 0 Å². The fraction of sp³-hybridized carbons (Fsp3) is 0.545. The fourth-order valence-electron chi connectivity index (χ4n) is 1.32. The zero-order valence-electron chi connectivity index (χ0n) is 9.26. The molecule has 0 fully saturated rings. The molecule has 0 saturated carbocycles. The van der Waals surface area contributed by atoms with Crippen LogP contribution >= 0.6 is 11.8 Å². The molecule has 0 amide bonds. The van der Waals surface area contributed by atoms with Crippen molar-refractivity contribution in [3.05, 3.63) is 17.0 Å². The molecule has 0 radical (unpaired) electrons. The molecular formula is C11H17N3S. The lowest BCUT2D eigenvalue weighted by molar-refractivity contribution is 0.726. The molecule has 1 heterocycles. The van der Waals surface area contributed by atoms with E-state index in [1.807, 2.05) is 13.8 Å². The molecule has 0 unspecified atom stereocenters. The first kappa shape index (κ1) is 12.2. The van der Waals surface area contributed by atoms with Gasteiger partial charge in [0.1, 0.15) is 0 Å². The smallest absolute Gasteiger partial charge is 0.0638 e. The maximum atomic E-state index is 5.16. The number of H-pyrrole nitrogens is 1. The minimum atomic E-state index is 0.797.